The molecule has 1 aliphatic rings. The van der Waals surface area contributed by atoms with Gasteiger partial charge in [-0.05, 0) is 48.9 Å². The van der Waals surface area contributed by atoms with Crippen LogP contribution in [-0.4, -0.2) is 37.0 Å². The van der Waals surface area contributed by atoms with E-state index in [2.05, 4.69) is 5.32 Å². The van der Waals surface area contributed by atoms with Crippen LogP contribution in [0.3, 0.4) is 0 Å². The van der Waals surface area contributed by atoms with E-state index in [1.807, 2.05) is 49.4 Å². The predicted molar refractivity (Wildman–Crippen MR) is 128 cm³/mol. The maximum atomic E-state index is 13.2. The number of hydrogen-bond acceptors (Lipinski definition) is 4. The summed E-state index contributed by atoms with van der Waals surface area (Å²) >= 11 is 6.37. The summed E-state index contributed by atoms with van der Waals surface area (Å²) in [6.07, 6.45) is 0.752. The number of nitrogens with zero attached hydrogens (tertiary/aromatic N) is 1. The molecule has 0 saturated carbocycles. The van der Waals surface area contributed by atoms with Gasteiger partial charge < -0.3 is 19.7 Å². The zero-order chi connectivity index (χ0) is 23.4. The summed E-state index contributed by atoms with van der Waals surface area (Å²) in [7, 11) is 1.74. The van der Waals surface area contributed by atoms with Crippen molar-refractivity contribution in [2.75, 3.05) is 25.6 Å². The van der Waals surface area contributed by atoms with Gasteiger partial charge in [0, 0.05) is 30.3 Å². The molecule has 0 bridgehead atoms. The number of fused-ring (bicyclic) bond motifs is 1. The molecule has 0 saturated heterocycles. The molecule has 33 heavy (non-hydrogen) atoms. The second-order valence-electron chi connectivity index (χ2n) is 7.87. The Labute approximate surface area is 198 Å². The molecular weight excluding hydrogens is 440 g/mol. The first-order valence-corrected chi connectivity index (χ1v) is 11.1. The third kappa shape index (κ3) is 5.12. The van der Waals surface area contributed by atoms with Gasteiger partial charge in [0.05, 0.1) is 24.3 Å². The van der Waals surface area contributed by atoms with E-state index in [9.17, 15) is 9.59 Å². The van der Waals surface area contributed by atoms with Gasteiger partial charge in [-0.25, -0.2) is 0 Å². The minimum absolute atomic E-state index is 0.188. The molecule has 3 aromatic carbocycles. The van der Waals surface area contributed by atoms with Crippen molar-refractivity contribution in [2.24, 2.45) is 0 Å². The van der Waals surface area contributed by atoms with Crippen molar-refractivity contribution in [1.29, 1.82) is 0 Å². The van der Waals surface area contributed by atoms with Crippen LogP contribution in [0.2, 0.25) is 5.02 Å². The number of rotatable bonds is 5. The van der Waals surface area contributed by atoms with Crippen molar-refractivity contribution >= 4 is 29.1 Å². The highest BCUT2D eigenvalue weighted by Crippen LogP contribution is 2.38. The summed E-state index contributed by atoms with van der Waals surface area (Å²) < 4.78 is 11.4. The third-order valence-corrected chi connectivity index (χ3v) is 5.89. The molecule has 0 aliphatic carbocycles. The van der Waals surface area contributed by atoms with Crippen LogP contribution in [0.5, 0.6) is 11.5 Å². The highest BCUT2D eigenvalue weighted by Gasteiger charge is 2.23. The first-order chi connectivity index (χ1) is 15.9. The molecule has 2 amide bonds. The lowest BCUT2D eigenvalue weighted by Gasteiger charge is -2.26. The molecule has 0 aromatic heterocycles. The van der Waals surface area contributed by atoms with E-state index in [4.69, 9.17) is 21.1 Å². The van der Waals surface area contributed by atoms with Crippen LogP contribution in [0.15, 0.2) is 66.7 Å². The molecule has 6 nitrogen and oxygen atoms in total. The maximum absolute atomic E-state index is 13.2. The predicted octanol–water partition coefficient (Wildman–Crippen LogP) is 5.59. The van der Waals surface area contributed by atoms with E-state index in [1.165, 1.54) is 0 Å². The molecule has 7 heteroatoms. The van der Waals surface area contributed by atoms with Gasteiger partial charge in [0.1, 0.15) is 0 Å². The van der Waals surface area contributed by atoms with Crippen molar-refractivity contribution in [1.82, 2.24) is 4.90 Å². The van der Waals surface area contributed by atoms with Crippen molar-refractivity contribution in [3.63, 3.8) is 0 Å². The van der Waals surface area contributed by atoms with E-state index < -0.39 is 0 Å². The number of benzene rings is 3. The minimum Gasteiger partial charge on any atom is -0.489 e. The van der Waals surface area contributed by atoms with Gasteiger partial charge in [-0.1, -0.05) is 41.9 Å². The Morgan fingerprint density at radius 3 is 2.52 bits per heavy atom. The maximum Gasteiger partial charge on any atom is 0.255 e. The van der Waals surface area contributed by atoms with Gasteiger partial charge in [0.25, 0.3) is 11.8 Å². The fourth-order valence-electron chi connectivity index (χ4n) is 3.63. The summed E-state index contributed by atoms with van der Waals surface area (Å²) in [4.78, 5) is 27.4. The van der Waals surface area contributed by atoms with E-state index >= 15 is 0 Å². The Hall–Kier alpha value is -3.51. The fraction of sp³-hybridized carbons (Fsp3) is 0.231. The lowest BCUT2D eigenvalue weighted by atomic mass is 10.0. The number of carbonyl (C=O) groups excluding carboxylic acids is 2. The highest BCUT2D eigenvalue weighted by molar-refractivity contribution is 6.32. The zero-order valence-electron chi connectivity index (χ0n) is 18.5. The summed E-state index contributed by atoms with van der Waals surface area (Å²) in [5.74, 6) is 0.573. The minimum atomic E-state index is -0.249. The van der Waals surface area contributed by atoms with Gasteiger partial charge in [-0.2, -0.15) is 0 Å². The molecule has 1 aliphatic heterocycles. The second kappa shape index (κ2) is 9.96. The molecule has 1 N–H and O–H groups in total. The van der Waals surface area contributed by atoms with Crippen molar-refractivity contribution in [2.45, 2.75) is 19.4 Å². The van der Waals surface area contributed by atoms with Crippen LogP contribution in [0, 0.1) is 0 Å². The Morgan fingerprint density at radius 2 is 1.73 bits per heavy atom. The monoisotopic (exact) mass is 464 g/mol. The summed E-state index contributed by atoms with van der Waals surface area (Å²) in [5.41, 5.74) is 2.55. The first kappa shape index (κ1) is 22.7. The number of halogens is 1. The smallest absolute Gasteiger partial charge is 0.255 e. The highest BCUT2D eigenvalue weighted by atomic mass is 35.5. The molecule has 1 unspecified atom stereocenters. The van der Waals surface area contributed by atoms with E-state index in [1.54, 1.807) is 36.2 Å². The summed E-state index contributed by atoms with van der Waals surface area (Å²) in [6.45, 7) is 2.96. The standard InChI is InChI=1S/C26H25ClN2O4/c1-17(19-10-6-11-21(14-19)28-25(30)18-8-4-3-5-9-18)29(2)26(31)20-15-22(27)24-23(16-20)32-12-7-13-33-24/h3-6,8-11,14-17H,7,12-13H2,1-2H3,(H,28,30). The molecule has 0 fully saturated rings. The van der Waals surface area contributed by atoms with Crippen LogP contribution in [0.25, 0.3) is 0 Å². The Morgan fingerprint density at radius 1 is 0.970 bits per heavy atom. The zero-order valence-corrected chi connectivity index (χ0v) is 19.3. The Kier molecular flexibility index (Phi) is 6.84. The van der Waals surface area contributed by atoms with Crippen molar-refractivity contribution in [3.05, 3.63) is 88.4 Å². The quantitative estimate of drug-likeness (QED) is 0.534. The third-order valence-electron chi connectivity index (χ3n) is 5.61. The van der Waals surface area contributed by atoms with E-state index in [0.29, 0.717) is 46.5 Å². The molecule has 1 atom stereocenters. The fourth-order valence-corrected chi connectivity index (χ4v) is 3.89. The largest absolute Gasteiger partial charge is 0.489 e. The molecule has 4 rings (SSSR count). The molecule has 170 valence electrons. The van der Waals surface area contributed by atoms with Gasteiger partial charge in [-0.15, -0.1) is 0 Å². The number of hydrogen-bond donors (Lipinski definition) is 1. The van der Waals surface area contributed by atoms with Crippen molar-refractivity contribution in [3.8, 4) is 11.5 Å². The van der Waals surface area contributed by atoms with Gasteiger partial charge in [0.2, 0.25) is 0 Å². The van der Waals surface area contributed by atoms with Crippen LogP contribution in [-0.2, 0) is 0 Å². The molecule has 3 aromatic rings. The number of amides is 2. The summed E-state index contributed by atoms with van der Waals surface area (Å²) in [5, 5.41) is 3.26. The number of carbonyl (C=O) groups is 2. The lowest BCUT2D eigenvalue weighted by Crippen LogP contribution is -2.29. The average molecular weight is 465 g/mol. The molecule has 0 radical (unpaired) electrons. The van der Waals surface area contributed by atoms with Gasteiger partial charge in [0.15, 0.2) is 11.5 Å². The second-order valence-corrected chi connectivity index (χ2v) is 8.28. The number of ether oxygens (including phenoxy) is 2. The van der Waals surface area contributed by atoms with Crippen LogP contribution in [0.1, 0.15) is 45.7 Å². The van der Waals surface area contributed by atoms with Crippen LogP contribution < -0.4 is 14.8 Å². The lowest BCUT2D eigenvalue weighted by molar-refractivity contribution is 0.0742. The Balaban J connectivity index is 1.51. The van der Waals surface area contributed by atoms with Crippen LogP contribution >= 0.6 is 11.6 Å². The number of nitrogens with one attached hydrogen (secondary N) is 1. The normalized spacial score (nSPS) is 13.5. The molecule has 1 heterocycles. The number of anilines is 1. The Bertz CT molecular complexity index is 1170. The first-order valence-electron chi connectivity index (χ1n) is 10.8. The SMILES string of the molecule is CC(c1cccc(NC(=O)c2ccccc2)c1)N(C)C(=O)c1cc(Cl)c2c(c1)OCCCO2. The summed E-state index contributed by atoms with van der Waals surface area (Å²) in [6, 6.07) is 19.5. The van der Waals surface area contributed by atoms with Gasteiger partial charge in [-0.3, -0.25) is 9.59 Å². The van der Waals surface area contributed by atoms with Crippen molar-refractivity contribution < 1.29 is 19.1 Å². The van der Waals surface area contributed by atoms with E-state index in [0.717, 1.165) is 12.0 Å². The average Bonchev–Trinajstić information content (AvgIpc) is 3.09. The van der Waals surface area contributed by atoms with Gasteiger partial charge >= 0.3 is 0 Å². The molecule has 0 spiro atoms. The van der Waals surface area contributed by atoms with Crippen LogP contribution in [0.4, 0.5) is 5.69 Å². The molecular formula is C26H25ClN2O4. The van der Waals surface area contributed by atoms with E-state index in [-0.39, 0.29) is 17.9 Å². The topological polar surface area (TPSA) is 67.9 Å².